The third-order valence-electron chi connectivity index (χ3n) is 3.35. The third kappa shape index (κ3) is 6.29. The van der Waals surface area contributed by atoms with Crippen LogP contribution in [0.5, 0.6) is 11.5 Å². The van der Waals surface area contributed by atoms with Crippen molar-refractivity contribution >= 4 is 11.9 Å². The molecule has 0 saturated carbocycles. The van der Waals surface area contributed by atoms with E-state index in [2.05, 4.69) is 5.32 Å². The summed E-state index contributed by atoms with van der Waals surface area (Å²) in [6, 6.07) is 4.94. The predicted octanol–water partition coefficient (Wildman–Crippen LogP) is 3.19. The van der Waals surface area contributed by atoms with E-state index in [0.29, 0.717) is 12.2 Å². The monoisotopic (exact) mass is 351 g/mol. The van der Waals surface area contributed by atoms with Gasteiger partial charge in [0.25, 0.3) is 5.91 Å². The Balaban J connectivity index is 3.04. The van der Waals surface area contributed by atoms with Crippen LogP contribution in [-0.2, 0) is 9.53 Å². The van der Waals surface area contributed by atoms with Crippen molar-refractivity contribution in [3.05, 3.63) is 23.8 Å². The van der Waals surface area contributed by atoms with E-state index >= 15 is 0 Å². The van der Waals surface area contributed by atoms with Crippen LogP contribution in [0.3, 0.4) is 0 Å². The molecule has 1 aromatic rings. The molecule has 25 heavy (non-hydrogen) atoms. The molecular formula is C19H29NO5. The van der Waals surface area contributed by atoms with E-state index in [1.807, 2.05) is 34.6 Å². The number of rotatable bonds is 7. The molecule has 0 saturated heterocycles. The quantitative estimate of drug-likeness (QED) is 0.764. The standard InChI is InChI=1S/C19H29NO5/c1-12(2)11-15(17(21)20-19(3,4)5)25-18(22)13-9-8-10-14(23-6)16(13)24-7/h8-10,12,15H,11H2,1-7H3,(H,20,21). The Hall–Kier alpha value is -2.24. The Labute approximate surface area is 149 Å². The van der Waals surface area contributed by atoms with Gasteiger partial charge in [-0.15, -0.1) is 0 Å². The number of carbonyl (C=O) groups is 2. The molecule has 0 aliphatic rings. The average Bonchev–Trinajstić information content (AvgIpc) is 2.51. The van der Waals surface area contributed by atoms with Gasteiger partial charge in [-0.3, -0.25) is 4.79 Å². The van der Waals surface area contributed by atoms with Crippen LogP contribution in [0, 0.1) is 5.92 Å². The van der Waals surface area contributed by atoms with E-state index in [1.165, 1.54) is 14.2 Å². The molecule has 1 unspecified atom stereocenters. The maximum absolute atomic E-state index is 12.6. The van der Waals surface area contributed by atoms with Crippen molar-refractivity contribution in [1.29, 1.82) is 0 Å². The van der Waals surface area contributed by atoms with Gasteiger partial charge in [0, 0.05) is 5.54 Å². The van der Waals surface area contributed by atoms with Gasteiger partial charge in [-0.05, 0) is 45.2 Å². The van der Waals surface area contributed by atoms with Crippen molar-refractivity contribution in [2.45, 2.75) is 52.7 Å². The van der Waals surface area contributed by atoms with Gasteiger partial charge in [0.2, 0.25) is 0 Å². The highest BCUT2D eigenvalue weighted by Gasteiger charge is 2.29. The van der Waals surface area contributed by atoms with E-state index < -0.39 is 17.6 Å². The van der Waals surface area contributed by atoms with Gasteiger partial charge in [0.05, 0.1) is 14.2 Å². The van der Waals surface area contributed by atoms with Crippen LogP contribution in [0.15, 0.2) is 18.2 Å². The minimum absolute atomic E-state index is 0.190. The highest BCUT2D eigenvalue weighted by Crippen LogP contribution is 2.31. The first kappa shape index (κ1) is 20.8. The number of benzene rings is 1. The van der Waals surface area contributed by atoms with Crippen LogP contribution >= 0.6 is 0 Å². The number of esters is 1. The lowest BCUT2D eigenvalue weighted by Gasteiger charge is -2.26. The molecule has 0 aromatic heterocycles. The summed E-state index contributed by atoms with van der Waals surface area (Å²) in [6.07, 6.45) is -0.442. The van der Waals surface area contributed by atoms with Gasteiger partial charge in [-0.25, -0.2) is 4.79 Å². The van der Waals surface area contributed by atoms with Crippen LogP contribution in [0.25, 0.3) is 0 Å². The normalized spacial score (nSPS) is 12.5. The summed E-state index contributed by atoms with van der Waals surface area (Å²) < 4.78 is 16.0. The number of nitrogens with one attached hydrogen (secondary N) is 1. The Bertz CT molecular complexity index is 604. The molecule has 0 fully saturated rings. The molecule has 140 valence electrons. The molecular weight excluding hydrogens is 322 g/mol. The molecule has 1 N–H and O–H groups in total. The molecule has 0 aliphatic carbocycles. The van der Waals surface area contributed by atoms with Crippen molar-refractivity contribution in [1.82, 2.24) is 5.32 Å². The minimum Gasteiger partial charge on any atom is -0.493 e. The summed E-state index contributed by atoms with van der Waals surface area (Å²) in [5.74, 6) is -0.0244. The number of amides is 1. The van der Waals surface area contributed by atoms with Crippen LogP contribution in [-0.4, -0.2) is 37.7 Å². The maximum atomic E-state index is 12.6. The van der Waals surface area contributed by atoms with Gasteiger partial charge in [-0.2, -0.15) is 0 Å². The topological polar surface area (TPSA) is 73.9 Å². The van der Waals surface area contributed by atoms with Crippen molar-refractivity contribution in [3.63, 3.8) is 0 Å². The van der Waals surface area contributed by atoms with Crippen LogP contribution in [0.4, 0.5) is 0 Å². The summed E-state index contributed by atoms with van der Waals surface area (Å²) in [5.41, 5.74) is -0.189. The summed E-state index contributed by atoms with van der Waals surface area (Å²) >= 11 is 0. The summed E-state index contributed by atoms with van der Waals surface area (Å²) in [7, 11) is 2.94. The first-order valence-electron chi connectivity index (χ1n) is 8.33. The summed E-state index contributed by atoms with van der Waals surface area (Å²) in [5, 5.41) is 2.86. The lowest BCUT2D eigenvalue weighted by atomic mass is 10.0. The molecule has 0 spiro atoms. The molecule has 6 heteroatoms. The molecule has 0 bridgehead atoms. The Kier molecular flexibility index (Phi) is 7.27. The molecule has 1 amide bonds. The zero-order chi connectivity index (χ0) is 19.2. The second-order valence-electron chi connectivity index (χ2n) is 7.30. The number of hydrogen-bond donors (Lipinski definition) is 1. The zero-order valence-electron chi connectivity index (χ0n) is 16.1. The average molecular weight is 351 g/mol. The lowest BCUT2D eigenvalue weighted by Crippen LogP contribution is -2.47. The molecule has 6 nitrogen and oxygen atoms in total. The fraction of sp³-hybridized carbons (Fsp3) is 0.579. The number of ether oxygens (including phenoxy) is 3. The van der Waals surface area contributed by atoms with E-state index in [1.54, 1.807) is 18.2 Å². The van der Waals surface area contributed by atoms with Crippen molar-refractivity contribution in [2.75, 3.05) is 14.2 Å². The Morgan fingerprint density at radius 2 is 1.76 bits per heavy atom. The summed E-state index contributed by atoms with van der Waals surface area (Å²) in [6.45, 7) is 9.58. The van der Waals surface area contributed by atoms with Crippen molar-refractivity contribution in [3.8, 4) is 11.5 Å². The zero-order valence-corrected chi connectivity index (χ0v) is 16.1. The Morgan fingerprint density at radius 3 is 2.24 bits per heavy atom. The minimum atomic E-state index is -0.873. The molecule has 0 heterocycles. The fourth-order valence-corrected chi connectivity index (χ4v) is 2.33. The summed E-state index contributed by atoms with van der Waals surface area (Å²) in [4.78, 5) is 25.1. The maximum Gasteiger partial charge on any atom is 0.342 e. The van der Waals surface area contributed by atoms with Crippen LogP contribution < -0.4 is 14.8 Å². The van der Waals surface area contributed by atoms with Crippen LogP contribution in [0.2, 0.25) is 0 Å². The van der Waals surface area contributed by atoms with Gasteiger partial charge in [-0.1, -0.05) is 19.9 Å². The SMILES string of the molecule is COc1cccc(C(=O)OC(CC(C)C)C(=O)NC(C)(C)C)c1OC. The second kappa shape index (κ2) is 8.74. The van der Waals surface area contributed by atoms with E-state index in [4.69, 9.17) is 14.2 Å². The first-order valence-corrected chi connectivity index (χ1v) is 8.33. The highest BCUT2D eigenvalue weighted by atomic mass is 16.6. The smallest absolute Gasteiger partial charge is 0.342 e. The van der Waals surface area contributed by atoms with Gasteiger partial charge < -0.3 is 19.5 Å². The molecule has 0 radical (unpaired) electrons. The van der Waals surface area contributed by atoms with Crippen molar-refractivity contribution in [2.24, 2.45) is 5.92 Å². The van der Waals surface area contributed by atoms with E-state index in [0.717, 1.165) is 0 Å². The van der Waals surface area contributed by atoms with Gasteiger partial charge in [0.1, 0.15) is 5.56 Å². The number of para-hydroxylation sites is 1. The fourth-order valence-electron chi connectivity index (χ4n) is 2.33. The highest BCUT2D eigenvalue weighted by molar-refractivity contribution is 5.95. The first-order chi connectivity index (χ1) is 11.6. The molecule has 1 aromatic carbocycles. The lowest BCUT2D eigenvalue weighted by molar-refractivity contribution is -0.132. The third-order valence-corrected chi connectivity index (χ3v) is 3.35. The molecule has 1 atom stereocenters. The molecule has 0 aliphatic heterocycles. The number of methoxy groups -OCH3 is 2. The molecule has 1 rings (SSSR count). The van der Waals surface area contributed by atoms with Crippen molar-refractivity contribution < 1.29 is 23.8 Å². The van der Waals surface area contributed by atoms with E-state index in [9.17, 15) is 9.59 Å². The predicted molar refractivity (Wildman–Crippen MR) is 96.1 cm³/mol. The largest absolute Gasteiger partial charge is 0.493 e. The Morgan fingerprint density at radius 1 is 1.12 bits per heavy atom. The van der Waals surface area contributed by atoms with Gasteiger partial charge >= 0.3 is 5.97 Å². The van der Waals surface area contributed by atoms with Gasteiger partial charge in [0.15, 0.2) is 17.6 Å². The number of carbonyl (C=O) groups excluding carboxylic acids is 2. The van der Waals surface area contributed by atoms with Crippen LogP contribution in [0.1, 0.15) is 51.4 Å². The van der Waals surface area contributed by atoms with E-state index in [-0.39, 0.29) is 23.1 Å². The second-order valence-corrected chi connectivity index (χ2v) is 7.30. The number of hydrogen-bond acceptors (Lipinski definition) is 5.